The lowest BCUT2D eigenvalue weighted by atomic mass is 10.3. The fourth-order valence-corrected chi connectivity index (χ4v) is 1.46. The number of para-hydroxylation sites is 2. The largest absolute Gasteiger partial charge is 0.490 e. The highest BCUT2D eigenvalue weighted by molar-refractivity contribution is 7.80. The van der Waals surface area contributed by atoms with Crippen molar-refractivity contribution >= 4 is 12.6 Å². The molecule has 0 heterocycles. The highest BCUT2D eigenvalue weighted by Gasteiger charge is 2.02. The van der Waals surface area contributed by atoms with E-state index in [1.807, 2.05) is 31.2 Å². The van der Waals surface area contributed by atoms with Crippen molar-refractivity contribution in [1.29, 1.82) is 0 Å². The van der Waals surface area contributed by atoms with Crippen molar-refractivity contribution in [1.82, 2.24) is 0 Å². The number of hydrogen-bond acceptors (Lipinski definition) is 3. The molecule has 0 amide bonds. The summed E-state index contributed by atoms with van der Waals surface area (Å²) in [6, 6.07) is 7.77. The molecule has 0 unspecified atom stereocenters. The molecule has 0 spiro atoms. The Morgan fingerprint density at radius 1 is 1.07 bits per heavy atom. The summed E-state index contributed by atoms with van der Waals surface area (Å²) in [5.74, 6) is 2.57. The Labute approximate surface area is 97.0 Å². The molecule has 0 bridgehead atoms. The number of hydrogen-bond donors (Lipinski definition) is 1. The zero-order valence-corrected chi connectivity index (χ0v) is 10.0. The second-order valence-corrected chi connectivity index (χ2v) is 3.61. The van der Waals surface area contributed by atoms with Crippen LogP contribution in [-0.4, -0.2) is 19.0 Å². The summed E-state index contributed by atoms with van der Waals surface area (Å²) in [5.41, 5.74) is 0. The molecule has 3 heteroatoms. The fourth-order valence-electron chi connectivity index (χ4n) is 1.24. The van der Waals surface area contributed by atoms with E-state index in [0.29, 0.717) is 6.61 Å². The van der Waals surface area contributed by atoms with E-state index in [1.165, 1.54) is 0 Å². The molecular weight excluding hydrogens is 208 g/mol. The van der Waals surface area contributed by atoms with Crippen LogP contribution in [0.1, 0.15) is 19.8 Å². The van der Waals surface area contributed by atoms with E-state index in [4.69, 9.17) is 9.47 Å². The Bertz CT molecular complexity index is 276. The molecule has 15 heavy (non-hydrogen) atoms. The highest BCUT2D eigenvalue weighted by atomic mass is 32.1. The van der Waals surface area contributed by atoms with Crippen molar-refractivity contribution in [3.8, 4) is 11.5 Å². The molecule has 0 saturated heterocycles. The van der Waals surface area contributed by atoms with Gasteiger partial charge in [0.15, 0.2) is 11.5 Å². The molecule has 0 aliphatic carbocycles. The molecule has 0 atom stereocenters. The molecule has 1 aromatic rings. The summed E-state index contributed by atoms with van der Waals surface area (Å²) in [7, 11) is 0. The minimum absolute atomic E-state index is 0.664. The molecule has 0 radical (unpaired) electrons. The fraction of sp³-hybridized carbons (Fsp3) is 0.500. The van der Waals surface area contributed by atoms with Gasteiger partial charge in [-0.3, -0.25) is 0 Å². The molecular formula is C12H18O2S. The smallest absolute Gasteiger partial charge is 0.161 e. The molecule has 2 nitrogen and oxygen atoms in total. The van der Waals surface area contributed by atoms with Gasteiger partial charge in [-0.15, -0.1) is 0 Å². The van der Waals surface area contributed by atoms with Gasteiger partial charge >= 0.3 is 0 Å². The second kappa shape index (κ2) is 7.46. The van der Waals surface area contributed by atoms with Gasteiger partial charge in [-0.25, -0.2) is 0 Å². The van der Waals surface area contributed by atoms with Crippen molar-refractivity contribution in [2.24, 2.45) is 0 Å². The highest BCUT2D eigenvalue weighted by Crippen LogP contribution is 2.26. The zero-order chi connectivity index (χ0) is 10.9. The van der Waals surface area contributed by atoms with Crippen LogP contribution in [-0.2, 0) is 0 Å². The molecule has 84 valence electrons. The molecule has 1 rings (SSSR count). The molecule has 0 saturated carbocycles. The van der Waals surface area contributed by atoms with E-state index in [0.717, 1.165) is 36.7 Å². The second-order valence-electron chi connectivity index (χ2n) is 3.16. The van der Waals surface area contributed by atoms with E-state index in [1.54, 1.807) is 0 Å². The normalized spacial score (nSPS) is 10.0. The van der Waals surface area contributed by atoms with Gasteiger partial charge in [-0.1, -0.05) is 12.1 Å². The van der Waals surface area contributed by atoms with Crippen LogP contribution in [0.2, 0.25) is 0 Å². The average molecular weight is 226 g/mol. The van der Waals surface area contributed by atoms with Crippen LogP contribution < -0.4 is 9.47 Å². The molecule has 1 aromatic carbocycles. The van der Waals surface area contributed by atoms with Gasteiger partial charge in [-0.05, 0) is 37.7 Å². The van der Waals surface area contributed by atoms with E-state index in [2.05, 4.69) is 12.6 Å². The first-order chi connectivity index (χ1) is 7.38. The lowest BCUT2D eigenvalue weighted by molar-refractivity contribution is 0.273. The number of ether oxygens (including phenoxy) is 2. The van der Waals surface area contributed by atoms with Crippen LogP contribution in [0.3, 0.4) is 0 Å². The molecule has 0 aliphatic heterocycles. The van der Waals surface area contributed by atoms with Gasteiger partial charge in [0.05, 0.1) is 13.2 Å². The van der Waals surface area contributed by atoms with Gasteiger partial charge in [0.1, 0.15) is 0 Å². The Kier molecular flexibility index (Phi) is 6.09. The van der Waals surface area contributed by atoms with Crippen LogP contribution in [0.15, 0.2) is 24.3 Å². The van der Waals surface area contributed by atoms with E-state index in [9.17, 15) is 0 Å². The predicted octanol–water partition coefficient (Wildman–Crippen LogP) is 3.17. The summed E-state index contributed by atoms with van der Waals surface area (Å²) in [4.78, 5) is 0. The van der Waals surface area contributed by atoms with Gasteiger partial charge in [0.2, 0.25) is 0 Å². The third-order valence-electron chi connectivity index (χ3n) is 1.96. The van der Waals surface area contributed by atoms with Crippen LogP contribution >= 0.6 is 12.6 Å². The predicted molar refractivity (Wildman–Crippen MR) is 66.2 cm³/mol. The van der Waals surface area contributed by atoms with E-state index in [-0.39, 0.29) is 0 Å². The van der Waals surface area contributed by atoms with Crippen LogP contribution in [0, 0.1) is 0 Å². The van der Waals surface area contributed by atoms with Gasteiger partial charge in [0.25, 0.3) is 0 Å². The van der Waals surface area contributed by atoms with E-state index >= 15 is 0 Å². The maximum atomic E-state index is 5.63. The zero-order valence-electron chi connectivity index (χ0n) is 9.11. The first kappa shape index (κ1) is 12.2. The lowest BCUT2D eigenvalue weighted by Crippen LogP contribution is -2.00. The average Bonchev–Trinajstić information content (AvgIpc) is 2.27. The Balaban J connectivity index is 2.44. The quantitative estimate of drug-likeness (QED) is 0.568. The third-order valence-corrected chi connectivity index (χ3v) is 2.28. The van der Waals surface area contributed by atoms with Gasteiger partial charge in [-0.2, -0.15) is 12.6 Å². The maximum Gasteiger partial charge on any atom is 0.161 e. The maximum absolute atomic E-state index is 5.63. The van der Waals surface area contributed by atoms with Crippen molar-refractivity contribution in [2.75, 3.05) is 19.0 Å². The van der Waals surface area contributed by atoms with Crippen LogP contribution in [0.4, 0.5) is 0 Å². The summed E-state index contributed by atoms with van der Waals surface area (Å²) in [6.07, 6.45) is 2.11. The minimum Gasteiger partial charge on any atom is -0.490 e. The first-order valence-electron chi connectivity index (χ1n) is 5.34. The van der Waals surface area contributed by atoms with Crippen molar-refractivity contribution in [2.45, 2.75) is 19.8 Å². The lowest BCUT2D eigenvalue weighted by Gasteiger charge is -2.10. The summed E-state index contributed by atoms with van der Waals surface area (Å²) in [6.45, 7) is 3.36. The standard InChI is InChI=1S/C12H18O2S/c1-2-13-11-7-3-4-8-12(11)14-9-5-6-10-15/h3-4,7-8,15H,2,5-6,9-10H2,1H3. The molecule has 0 fully saturated rings. The Morgan fingerprint density at radius 2 is 1.73 bits per heavy atom. The SMILES string of the molecule is CCOc1ccccc1OCCCCS. The summed E-state index contributed by atoms with van der Waals surface area (Å²) in [5, 5.41) is 0. The number of rotatable bonds is 7. The van der Waals surface area contributed by atoms with Gasteiger partial charge in [0, 0.05) is 0 Å². The third kappa shape index (κ3) is 4.47. The van der Waals surface area contributed by atoms with Gasteiger partial charge < -0.3 is 9.47 Å². The summed E-state index contributed by atoms with van der Waals surface area (Å²) < 4.78 is 11.1. The summed E-state index contributed by atoms with van der Waals surface area (Å²) >= 11 is 4.15. The monoisotopic (exact) mass is 226 g/mol. The Hall–Kier alpha value is -0.830. The van der Waals surface area contributed by atoms with Crippen molar-refractivity contribution < 1.29 is 9.47 Å². The minimum atomic E-state index is 0.664. The Morgan fingerprint density at radius 3 is 2.33 bits per heavy atom. The van der Waals surface area contributed by atoms with Crippen LogP contribution in [0.25, 0.3) is 0 Å². The molecule has 0 aromatic heterocycles. The van der Waals surface area contributed by atoms with E-state index < -0.39 is 0 Å². The molecule has 0 aliphatic rings. The van der Waals surface area contributed by atoms with Crippen molar-refractivity contribution in [3.63, 3.8) is 0 Å². The number of thiol groups is 1. The number of unbranched alkanes of at least 4 members (excludes halogenated alkanes) is 1. The van der Waals surface area contributed by atoms with Crippen LogP contribution in [0.5, 0.6) is 11.5 Å². The number of benzene rings is 1. The topological polar surface area (TPSA) is 18.5 Å². The molecule has 0 N–H and O–H groups in total. The van der Waals surface area contributed by atoms with Crippen molar-refractivity contribution in [3.05, 3.63) is 24.3 Å². The first-order valence-corrected chi connectivity index (χ1v) is 5.97.